The number of benzene rings is 6. The minimum absolute atomic E-state index is 0.0519. The van der Waals surface area contributed by atoms with Crippen LogP contribution >= 0.6 is 0 Å². The second-order valence-corrected chi connectivity index (χ2v) is 25.2. The normalized spacial score (nSPS) is 20.8. The van der Waals surface area contributed by atoms with Gasteiger partial charge in [0.1, 0.15) is 11.2 Å². The molecule has 0 amide bonds. The molecule has 4 heteroatoms. The second kappa shape index (κ2) is 12.8. The van der Waals surface area contributed by atoms with Crippen molar-refractivity contribution in [3.05, 3.63) is 136 Å². The van der Waals surface area contributed by atoms with E-state index in [2.05, 4.69) is 198 Å². The van der Waals surface area contributed by atoms with Crippen LogP contribution in [0.5, 0.6) is 0 Å². The zero-order chi connectivity index (χ0) is 45.7. The molecule has 3 aliphatic carbocycles. The lowest BCUT2D eigenvalue weighted by Crippen LogP contribution is -2.62. The molecule has 0 unspecified atom stereocenters. The molecule has 3 nitrogen and oxygen atoms in total. The fraction of sp³-hybridized carbons (Fsp3) is 0.410. The molecule has 0 bridgehead atoms. The maximum atomic E-state index is 6.67. The van der Waals surface area contributed by atoms with Crippen molar-refractivity contribution in [1.29, 1.82) is 0 Å². The van der Waals surface area contributed by atoms with E-state index in [1.165, 1.54) is 115 Å². The van der Waals surface area contributed by atoms with E-state index in [4.69, 9.17) is 4.42 Å². The van der Waals surface area contributed by atoms with Crippen molar-refractivity contribution in [2.75, 3.05) is 9.80 Å². The van der Waals surface area contributed by atoms with Crippen molar-refractivity contribution in [3.63, 3.8) is 0 Å². The molecule has 12 rings (SSSR count). The third-order valence-electron chi connectivity index (χ3n) is 17.7. The van der Waals surface area contributed by atoms with Crippen molar-refractivity contribution in [3.8, 4) is 0 Å². The molecule has 0 N–H and O–H groups in total. The molecule has 0 saturated carbocycles. The molecule has 0 radical (unpaired) electrons. The van der Waals surface area contributed by atoms with Crippen LogP contribution < -0.4 is 26.2 Å². The average molecular weight is 855 g/mol. The lowest BCUT2D eigenvalue weighted by molar-refractivity contribution is 0.332. The van der Waals surface area contributed by atoms with Gasteiger partial charge in [-0.05, 0) is 188 Å². The number of hydrogen-bond donors (Lipinski definition) is 0. The molecule has 5 aliphatic rings. The minimum atomic E-state index is 0.0519. The van der Waals surface area contributed by atoms with E-state index in [1.54, 1.807) is 0 Å². The van der Waals surface area contributed by atoms with Crippen molar-refractivity contribution in [2.45, 2.75) is 162 Å². The van der Waals surface area contributed by atoms with Gasteiger partial charge in [0, 0.05) is 51.0 Å². The van der Waals surface area contributed by atoms with Gasteiger partial charge in [0.2, 0.25) is 0 Å². The molecule has 7 aromatic rings. The van der Waals surface area contributed by atoms with Gasteiger partial charge in [-0.15, -0.1) is 0 Å². The molecular formula is C61H67BN2O. The number of fused-ring (bicyclic) bond motifs is 10. The van der Waals surface area contributed by atoms with E-state index in [1.807, 2.05) is 0 Å². The van der Waals surface area contributed by atoms with Gasteiger partial charge in [-0.2, -0.15) is 0 Å². The van der Waals surface area contributed by atoms with Crippen LogP contribution in [0, 0.1) is 13.8 Å². The maximum absolute atomic E-state index is 6.67. The monoisotopic (exact) mass is 855 g/mol. The Labute approximate surface area is 388 Å². The fourth-order valence-electron chi connectivity index (χ4n) is 14.0. The summed E-state index contributed by atoms with van der Waals surface area (Å²) in [6, 6.07) is 36.3. The molecule has 1 aromatic heterocycles. The SMILES string of the molecule is Cc1cc2c3c(c1)N(c1cc4c(cc1C)C(C)(C)CCC4(C)C)c1cc4c(cc1B3c1cc3c(cc1N2c1ccc2c(c1)oc1ccccc12)C(C)(C)CCC3(C)C)C(C)(C)CC4(C)C. The van der Waals surface area contributed by atoms with Crippen LogP contribution in [0.15, 0.2) is 95.4 Å². The molecule has 65 heavy (non-hydrogen) atoms. The Kier molecular flexibility index (Phi) is 8.13. The highest BCUT2D eigenvalue weighted by Crippen LogP contribution is 2.56. The van der Waals surface area contributed by atoms with Gasteiger partial charge < -0.3 is 14.2 Å². The van der Waals surface area contributed by atoms with Crippen molar-refractivity contribution >= 4 is 79.2 Å². The first-order valence-electron chi connectivity index (χ1n) is 24.7. The Hall–Kier alpha value is -5.22. The summed E-state index contributed by atoms with van der Waals surface area (Å²) < 4.78 is 6.67. The number of rotatable bonds is 2. The van der Waals surface area contributed by atoms with E-state index in [0.717, 1.165) is 34.0 Å². The maximum Gasteiger partial charge on any atom is 0.252 e. The van der Waals surface area contributed by atoms with E-state index >= 15 is 0 Å². The number of anilines is 6. The molecule has 0 saturated heterocycles. The first-order valence-corrected chi connectivity index (χ1v) is 24.7. The smallest absolute Gasteiger partial charge is 0.252 e. The van der Waals surface area contributed by atoms with E-state index in [9.17, 15) is 0 Å². The largest absolute Gasteiger partial charge is 0.456 e. The summed E-state index contributed by atoms with van der Waals surface area (Å²) in [5.74, 6) is 0. The van der Waals surface area contributed by atoms with Gasteiger partial charge in [0.25, 0.3) is 6.71 Å². The number of furan rings is 1. The Bertz CT molecular complexity index is 3240. The van der Waals surface area contributed by atoms with Crippen LogP contribution in [0.2, 0.25) is 0 Å². The summed E-state index contributed by atoms with van der Waals surface area (Å²) in [7, 11) is 0. The lowest BCUT2D eigenvalue weighted by atomic mass is 9.32. The number of hydrogen-bond acceptors (Lipinski definition) is 3. The van der Waals surface area contributed by atoms with E-state index in [-0.39, 0.29) is 39.2 Å². The standard InChI is InChI=1S/C61H67BN2O/c1-35-25-51-55-52(26-35)64(48-31-43-40(27-36(48)2)56(3,4)21-23-58(43,7)8)50-33-45-42(60(11,12)34-61(45,13)14)30-47(50)62(55)46-29-41-44(59(9,10)24-22-57(41,5)6)32-49(46)63(51)37-19-20-39-38-17-15-16-18-53(38)65-54(39)28-37/h15-20,25-33H,21-24,34H2,1-14H3. The Morgan fingerprint density at radius 1 is 0.431 bits per heavy atom. The van der Waals surface area contributed by atoms with Crippen LogP contribution in [0.3, 0.4) is 0 Å². The highest BCUT2D eigenvalue weighted by atomic mass is 16.3. The first-order chi connectivity index (χ1) is 30.5. The van der Waals surface area contributed by atoms with E-state index in [0.29, 0.717) is 0 Å². The predicted octanol–water partition coefficient (Wildman–Crippen LogP) is 14.9. The summed E-state index contributed by atoms with van der Waals surface area (Å²) in [6.45, 7) is 34.5. The zero-order valence-corrected chi connectivity index (χ0v) is 41.6. The van der Waals surface area contributed by atoms with Gasteiger partial charge >= 0.3 is 0 Å². The number of aryl methyl sites for hydroxylation is 2. The third-order valence-corrected chi connectivity index (χ3v) is 17.7. The van der Waals surface area contributed by atoms with Crippen LogP contribution in [0.25, 0.3) is 21.9 Å². The summed E-state index contributed by atoms with van der Waals surface area (Å²) >= 11 is 0. The van der Waals surface area contributed by atoms with Gasteiger partial charge in [0.15, 0.2) is 0 Å². The Balaban J connectivity index is 1.21. The molecule has 3 heterocycles. The third kappa shape index (κ3) is 5.67. The average Bonchev–Trinajstić information content (AvgIpc) is 3.69. The van der Waals surface area contributed by atoms with Gasteiger partial charge in [0.05, 0.1) is 0 Å². The van der Waals surface area contributed by atoms with Crippen molar-refractivity contribution in [1.82, 2.24) is 0 Å². The number of nitrogens with zero attached hydrogens (tertiary/aromatic N) is 2. The quantitative estimate of drug-likeness (QED) is 0.162. The van der Waals surface area contributed by atoms with Crippen LogP contribution in [0.4, 0.5) is 34.1 Å². The van der Waals surface area contributed by atoms with Crippen molar-refractivity contribution in [2.24, 2.45) is 0 Å². The van der Waals surface area contributed by atoms with Gasteiger partial charge in [-0.3, -0.25) is 0 Å². The predicted molar refractivity (Wildman–Crippen MR) is 278 cm³/mol. The first kappa shape index (κ1) is 41.2. The molecule has 2 aliphatic heterocycles. The van der Waals surface area contributed by atoms with Gasteiger partial charge in [-0.25, -0.2) is 0 Å². The zero-order valence-electron chi connectivity index (χ0n) is 41.6. The van der Waals surface area contributed by atoms with E-state index < -0.39 is 0 Å². The molecule has 330 valence electrons. The van der Waals surface area contributed by atoms with Crippen LogP contribution in [-0.4, -0.2) is 6.71 Å². The van der Waals surface area contributed by atoms with Crippen molar-refractivity contribution < 1.29 is 4.42 Å². The van der Waals surface area contributed by atoms with Crippen LogP contribution in [-0.2, 0) is 32.5 Å². The molecule has 0 spiro atoms. The highest BCUT2D eigenvalue weighted by Gasteiger charge is 2.50. The molecule has 0 atom stereocenters. The second-order valence-electron chi connectivity index (χ2n) is 25.2. The van der Waals surface area contributed by atoms with Crippen LogP contribution in [0.1, 0.15) is 160 Å². The Morgan fingerprint density at radius 3 is 1.49 bits per heavy atom. The Morgan fingerprint density at radius 2 is 0.892 bits per heavy atom. The van der Waals surface area contributed by atoms with Gasteiger partial charge in [-0.1, -0.05) is 119 Å². The molecule has 0 fully saturated rings. The minimum Gasteiger partial charge on any atom is -0.456 e. The molecule has 6 aromatic carbocycles. The highest BCUT2D eigenvalue weighted by molar-refractivity contribution is 7.00. The topological polar surface area (TPSA) is 19.6 Å². The summed E-state index contributed by atoms with van der Waals surface area (Å²) in [5.41, 5.74) is 25.9. The summed E-state index contributed by atoms with van der Waals surface area (Å²) in [6.07, 6.45) is 5.87. The fourth-order valence-corrected chi connectivity index (χ4v) is 14.0. The summed E-state index contributed by atoms with van der Waals surface area (Å²) in [5, 5.41) is 2.32. The lowest BCUT2D eigenvalue weighted by Gasteiger charge is -2.48. The molecular weight excluding hydrogens is 787 g/mol. The summed E-state index contributed by atoms with van der Waals surface area (Å²) in [4.78, 5) is 5.35. The number of para-hydroxylation sites is 1.